The zero-order chi connectivity index (χ0) is 12.1. The summed E-state index contributed by atoms with van der Waals surface area (Å²) < 4.78 is 9.54. The first-order chi connectivity index (χ1) is 7.51. The van der Waals surface area contributed by atoms with Crippen molar-refractivity contribution in [3.8, 4) is 11.5 Å². The number of carbonyl (C=O) groups is 2. The normalized spacial score (nSPS) is 9.38. The van der Waals surface area contributed by atoms with Crippen molar-refractivity contribution < 1.29 is 23.9 Å². The fraction of sp³-hybridized carbons (Fsp3) is 0.182. The standard InChI is InChI=1S/C11H9O5/c1-7(13)15-10-3-9(6-12)4-11(5-10)16-8(2)14/h3-5H,1-2H3. The molecule has 0 unspecified atom stereocenters. The Balaban J connectivity index is 3.04. The van der Waals surface area contributed by atoms with E-state index in [9.17, 15) is 14.4 Å². The molecule has 0 spiro atoms. The van der Waals surface area contributed by atoms with E-state index in [1.807, 2.05) is 0 Å². The highest BCUT2D eigenvalue weighted by molar-refractivity contribution is 5.79. The Morgan fingerprint density at radius 2 is 1.44 bits per heavy atom. The lowest BCUT2D eigenvalue weighted by molar-refractivity contribution is -0.132. The van der Waals surface area contributed by atoms with Gasteiger partial charge in [0, 0.05) is 25.5 Å². The highest BCUT2D eigenvalue weighted by Crippen LogP contribution is 2.22. The third-order valence-corrected chi connectivity index (χ3v) is 1.52. The van der Waals surface area contributed by atoms with Gasteiger partial charge in [0.1, 0.15) is 11.5 Å². The van der Waals surface area contributed by atoms with Crippen LogP contribution < -0.4 is 9.47 Å². The van der Waals surface area contributed by atoms with Gasteiger partial charge in [0.25, 0.3) is 0 Å². The SMILES string of the molecule is CC(=O)Oc1cc([C]=O)cc(OC(C)=O)c1. The zero-order valence-electron chi connectivity index (χ0n) is 8.77. The molecule has 0 aliphatic carbocycles. The number of rotatable bonds is 3. The molecule has 0 bridgehead atoms. The molecule has 0 saturated heterocycles. The minimum absolute atomic E-state index is 0.129. The number of benzene rings is 1. The summed E-state index contributed by atoms with van der Waals surface area (Å²) in [7, 11) is 0. The number of hydrogen-bond acceptors (Lipinski definition) is 5. The monoisotopic (exact) mass is 221 g/mol. The molecule has 0 aliphatic rings. The van der Waals surface area contributed by atoms with Crippen LogP contribution in [-0.4, -0.2) is 18.2 Å². The highest BCUT2D eigenvalue weighted by Gasteiger charge is 2.06. The quantitative estimate of drug-likeness (QED) is 0.562. The first-order valence-electron chi connectivity index (χ1n) is 4.41. The molecule has 0 aliphatic heterocycles. The summed E-state index contributed by atoms with van der Waals surface area (Å²) in [5.41, 5.74) is 0.134. The van der Waals surface area contributed by atoms with Gasteiger partial charge < -0.3 is 9.47 Å². The fourth-order valence-electron chi connectivity index (χ4n) is 1.08. The van der Waals surface area contributed by atoms with E-state index in [4.69, 9.17) is 9.47 Å². The van der Waals surface area contributed by atoms with Crippen molar-refractivity contribution in [3.05, 3.63) is 23.8 Å². The van der Waals surface area contributed by atoms with Crippen LogP contribution in [0.5, 0.6) is 11.5 Å². The summed E-state index contributed by atoms with van der Waals surface area (Å²) in [6, 6.07) is 3.98. The van der Waals surface area contributed by atoms with E-state index in [1.165, 1.54) is 32.0 Å². The molecule has 1 rings (SSSR count). The Bertz CT molecular complexity index is 402. The minimum atomic E-state index is -0.531. The smallest absolute Gasteiger partial charge is 0.308 e. The molecule has 0 saturated carbocycles. The van der Waals surface area contributed by atoms with E-state index in [2.05, 4.69) is 0 Å². The summed E-state index contributed by atoms with van der Waals surface area (Å²) in [4.78, 5) is 31.9. The molecule has 1 aromatic carbocycles. The maximum atomic E-state index is 10.7. The van der Waals surface area contributed by atoms with E-state index >= 15 is 0 Å². The number of hydrogen-bond donors (Lipinski definition) is 0. The molecule has 1 radical (unpaired) electrons. The molecule has 0 amide bonds. The molecular weight excluding hydrogens is 212 g/mol. The van der Waals surface area contributed by atoms with Crippen molar-refractivity contribution in [1.82, 2.24) is 0 Å². The molecule has 16 heavy (non-hydrogen) atoms. The van der Waals surface area contributed by atoms with Gasteiger partial charge in [0.15, 0.2) is 0 Å². The van der Waals surface area contributed by atoms with Crippen LogP contribution in [0.25, 0.3) is 0 Å². The summed E-state index contributed by atoms with van der Waals surface area (Å²) in [6.45, 7) is 2.45. The van der Waals surface area contributed by atoms with Crippen LogP contribution in [-0.2, 0) is 14.4 Å². The number of carbonyl (C=O) groups excluding carboxylic acids is 3. The topological polar surface area (TPSA) is 69.7 Å². The summed E-state index contributed by atoms with van der Waals surface area (Å²) in [5.74, 6) is -0.803. The molecule has 0 aromatic heterocycles. The van der Waals surface area contributed by atoms with Crippen LogP contribution in [0.1, 0.15) is 19.4 Å². The van der Waals surface area contributed by atoms with E-state index in [0.717, 1.165) is 0 Å². The van der Waals surface area contributed by atoms with Crippen molar-refractivity contribution in [1.29, 1.82) is 0 Å². The molecule has 1 aromatic rings. The lowest BCUT2D eigenvalue weighted by Gasteiger charge is -2.05. The van der Waals surface area contributed by atoms with Crippen molar-refractivity contribution in [2.75, 3.05) is 0 Å². The average Bonchev–Trinajstić information content (AvgIpc) is 2.14. The number of esters is 2. The maximum absolute atomic E-state index is 10.7. The number of ether oxygens (including phenoxy) is 2. The Morgan fingerprint density at radius 1 is 1.00 bits per heavy atom. The van der Waals surface area contributed by atoms with Crippen LogP contribution in [0.3, 0.4) is 0 Å². The van der Waals surface area contributed by atoms with Gasteiger partial charge in [0.05, 0.1) is 0 Å². The van der Waals surface area contributed by atoms with Gasteiger partial charge in [-0.25, -0.2) is 0 Å². The van der Waals surface area contributed by atoms with E-state index in [1.54, 1.807) is 6.29 Å². The summed E-state index contributed by atoms with van der Waals surface area (Å²) in [5, 5.41) is 0. The van der Waals surface area contributed by atoms with E-state index in [-0.39, 0.29) is 17.1 Å². The Kier molecular flexibility index (Phi) is 3.77. The van der Waals surface area contributed by atoms with Gasteiger partial charge in [-0.15, -0.1) is 0 Å². The van der Waals surface area contributed by atoms with Gasteiger partial charge in [-0.1, -0.05) is 0 Å². The lowest BCUT2D eigenvalue weighted by atomic mass is 10.2. The largest absolute Gasteiger partial charge is 0.427 e. The first-order valence-corrected chi connectivity index (χ1v) is 4.41. The molecular formula is C11H9O5. The van der Waals surface area contributed by atoms with Gasteiger partial charge in [-0.2, -0.15) is 0 Å². The predicted molar refractivity (Wildman–Crippen MR) is 53.9 cm³/mol. The molecule has 0 fully saturated rings. The lowest BCUT2D eigenvalue weighted by Crippen LogP contribution is -2.05. The van der Waals surface area contributed by atoms with Crippen LogP contribution in [0.2, 0.25) is 0 Å². The van der Waals surface area contributed by atoms with Gasteiger partial charge in [0.2, 0.25) is 6.29 Å². The van der Waals surface area contributed by atoms with Crippen molar-refractivity contribution in [3.63, 3.8) is 0 Å². The average molecular weight is 221 g/mol. The van der Waals surface area contributed by atoms with E-state index in [0.29, 0.717) is 0 Å². The van der Waals surface area contributed by atoms with Crippen LogP contribution in [0.4, 0.5) is 0 Å². The Morgan fingerprint density at radius 3 is 1.75 bits per heavy atom. The van der Waals surface area contributed by atoms with Crippen LogP contribution >= 0.6 is 0 Å². The second-order valence-corrected chi connectivity index (χ2v) is 2.98. The Hall–Kier alpha value is -2.17. The third kappa shape index (κ3) is 3.53. The second kappa shape index (κ2) is 5.06. The van der Waals surface area contributed by atoms with Crippen molar-refractivity contribution in [2.45, 2.75) is 13.8 Å². The summed E-state index contributed by atoms with van der Waals surface area (Å²) >= 11 is 0. The van der Waals surface area contributed by atoms with Crippen molar-refractivity contribution >= 4 is 18.2 Å². The van der Waals surface area contributed by atoms with Crippen LogP contribution in [0.15, 0.2) is 18.2 Å². The van der Waals surface area contributed by atoms with Gasteiger partial charge in [-0.3, -0.25) is 14.4 Å². The molecule has 0 heterocycles. The maximum Gasteiger partial charge on any atom is 0.308 e. The third-order valence-electron chi connectivity index (χ3n) is 1.52. The second-order valence-electron chi connectivity index (χ2n) is 2.98. The van der Waals surface area contributed by atoms with Crippen LogP contribution in [0, 0.1) is 0 Å². The highest BCUT2D eigenvalue weighted by atomic mass is 16.5. The van der Waals surface area contributed by atoms with Gasteiger partial charge in [-0.05, 0) is 12.1 Å². The van der Waals surface area contributed by atoms with Crippen molar-refractivity contribution in [2.24, 2.45) is 0 Å². The summed E-state index contributed by atoms with van der Waals surface area (Å²) in [6.07, 6.45) is 1.62. The molecule has 83 valence electrons. The molecule has 0 N–H and O–H groups in total. The first kappa shape index (κ1) is 11.9. The Labute approximate surface area is 92.0 Å². The predicted octanol–water partition coefficient (Wildman–Crippen LogP) is 0.995. The molecule has 5 heteroatoms. The fourth-order valence-corrected chi connectivity index (χ4v) is 1.08. The van der Waals surface area contributed by atoms with Gasteiger partial charge >= 0.3 is 11.9 Å². The minimum Gasteiger partial charge on any atom is -0.427 e. The molecule has 5 nitrogen and oxygen atoms in total. The molecule has 0 atom stereocenters. The zero-order valence-corrected chi connectivity index (χ0v) is 8.77. The van der Waals surface area contributed by atoms with E-state index < -0.39 is 11.9 Å².